The molecule has 3 heteroatoms. The van der Waals surface area contributed by atoms with Crippen molar-refractivity contribution in [3.63, 3.8) is 0 Å². The molecule has 1 atom stereocenters. The molecular weight excluding hydrogens is 210 g/mol. The van der Waals surface area contributed by atoms with Crippen LogP contribution in [0.25, 0.3) is 11.3 Å². The Morgan fingerprint density at radius 3 is 2.82 bits per heavy atom. The molecule has 17 heavy (non-hydrogen) atoms. The lowest BCUT2D eigenvalue weighted by Crippen LogP contribution is -2.25. The first kappa shape index (κ1) is 10.4. The van der Waals surface area contributed by atoms with Gasteiger partial charge >= 0.3 is 0 Å². The van der Waals surface area contributed by atoms with E-state index < -0.39 is 0 Å². The van der Waals surface area contributed by atoms with Crippen molar-refractivity contribution in [2.24, 2.45) is 5.92 Å². The molecule has 2 heterocycles. The van der Waals surface area contributed by atoms with Gasteiger partial charge < -0.3 is 5.32 Å². The average molecular weight is 227 g/mol. The molecule has 88 valence electrons. The van der Waals surface area contributed by atoms with Crippen LogP contribution in [-0.2, 0) is 6.54 Å². The number of fused-ring (bicyclic) bond motifs is 1. The second-order valence-corrected chi connectivity index (χ2v) is 4.95. The van der Waals surface area contributed by atoms with Crippen molar-refractivity contribution in [3.05, 3.63) is 35.9 Å². The number of hydrogen-bond acceptors (Lipinski definition) is 2. The number of rotatable bonds is 1. The Bertz CT molecular complexity index is 525. The zero-order valence-corrected chi connectivity index (χ0v) is 10.3. The van der Waals surface area contributed by atoms with Crippen LogP contribution in [0.4, 0.5) is 5.82 Å². The zero-order chi connectivity index (χ0) is 11.8. The van der Waals surface area contributed by atoms with Crippen molar-refractivity contribution >= 4 is 5.82 Å². The fourth-order valence-electron chi connectivity index (χ4n) is 2.20. The van der Waals surface area contributed by atoms with Crippen molar-refractivity contribution in [1.82, 2.24) is 9.78 Å². The first-order chi connectivity index (χ1) is 8.22. The topological polar surface area (TPSA) is 29.9 Å². The number of nitrogens with zero attached hydrogens (tertiary/aromatic N) is 2. The van der Waals surface area contributed by atoms with Crippen LogP contribution in [0.2, 0.25) is 0 Å². The van der Waals surface area contributed by atoms with Crippen molar-refractivity contribution < 1.29 is 0 Å². The Kier molecular flexibility index (Phi) is 2.39. The third kappa shape index (κ3) is 1.93. The van der Waals surface area contributed by atoms with E-state index in [0.717, 1.165) is 24.6 Å². The molecule has 0 saturated carbocycles. The molecular formula is C14H17N3. The van der Waals surface area contributed by atoms with E-state index in [-0.39, 0.29) is 0 Å². The minimum atomic E-state index is 0.647. The molecule has 0 radical (unpaired) electrons. The summed E-state index contributed by atoms with van der Waals surface area (Å²) in [7, 11) is 0. The van der Waals surface area contributed by atoms with Crippen molar-refractivity contribution in [2.45, 2.75) is 20.4 Å². The van der Waals surface area contributed by atoms with Gasteiger partial charge in [0.1, 0.15) is 5.82 Å². The predicted molar refractivity (Wildman–Crippen MR) is 70.1 cm³/mol. The van der Waals surface area contributed by atoms with Gasteiger partial charge in [0, 0.05) is 24.7 Å². The summed E-state index contributed by atoms with van der Waals surface area (Å²) in [5.41, 5.74) is 3.53. The predicted octanol–water partition coefficient (Wildman–Crippen LogP) is 2.92. The Labute approximate surface area is 101 Å². The van der Waals surface area contributed by atoms with Crippen LogP contribution in [-0.4, -0.2) is 16.3 Å². The quantitative estimate of drug-likeness (QED) is 0.811. The monoisotopic (exact) mass is 227 g/mol. The minimum Gasteiger partial charge on any atom is -0.370 e. The molecule has 3 rings (SSSR count). The molecule has 0 spiro atoms. The van der Waals surface area contributed by atoms with E-state index in [1.807, 2.05) is 0 Å². The van der Waals surface area contributed by atoms with Crippen LogP contribution in [0.5, 0.6) is 0 Å². The lowest BCUT2D eigenvalue weighted by Gasteiger charge is -2.21. The second kappa shape index (κ2) is 3.91. The van der Waals surface area contributed by atoms with Gasteiger partial charge in [-0.2, -0.15) is 5.10 Å². The van der Waals surface area contributed by atoms with Crippen LogP contribution >= 0.6 is 0 Å². The van der Waals surface area contributed by atoms with Crippen LogP contribution in [0.1, 0.15) is 12.5 Å². The molecule has 1 aromatic carbocycles. The van der Waals surface area contributed by atoms with Crippen molar-refractivity contribution in [2.75, 3.05) is 11.9 Å². The van der Waals surface area contributed by atoms with Crippen LogP contribution in [0, 0.1) is 12.8 Å². The van der Waals surface area contributed by atoms with E-state index in [1.165, 1.54) is 11.1 Å². The summed E-state index contributed by atoms with van der Waals surface area (Å²) >= 11 is 0. The minimum absolute atomic E-state index is 0.647. The van der Waals surface area contributed by atoms with Gasteiger partial charge in [-0.1, -0.05) is 36.8 Å². The number of anilines is 1. The Morgan fingerprint density at radius 2 is 2.06 bits per heavy atom. The molecule has 0 bridgehead atoms. The molecule has 1 aromatic heterocycles. The molecule has 0 aliphatic carbocycles. The van der Waals surface area contributed by atoms with E-state index in [2.05, 4.69) is 59.3 Å². The van der Waals surface area contributed by atoms with Gasteiger partial charge in [-0.3, -0.25) is 0 Å². The summed E-state index contributed by atoms with van der Waals surface area (Å²) in [5, 5.41) is 8.07. The van der Waals surface area contributed by atoms with Crippen LogP contribution in [0.3, 0.4) is 0 Å². The van der Waals surface area contributed by atoms with E-state index in [1.54, 1.807) is 0 Å². The number of aryl methyl sites for hydroxylation is 1. The lowest BCUT2D eigenvalue weighted by molar-refractivity contribution is 0.446. The van der Waals surface area contributed by atoms with Gasteiger partial charge in [-0.05, 0) is 12.8 Å². The Morgan fingerprint density at radius 1 is 1.29 bits per heavy atom. The summed E-state index contributed by atoms with van der Waals surface area (Å²) in [6.07, 6.45) is 0. The summed E-state index contributed by atoms with van der Waals surface area (Å²) < 4.78 is 2.07. The van der Waals surface area contributed by atoms with Gasteiger partial charge in [0.05, 0.1) is 5.69 Å². The summed E-state index contributed by atoms with van der Waals surface area (Å²) in [4.78, 5) is 0. The molecule has 1 unspecified atom stereocenters. The van der Waals surface area contributed by atoms with Crippen LogP contribution < -0.4 is 5.32 Å². The summed E-state index contributed by atoms with van der Waals surface area (Å²) in [6, 6.07) is 10.7. The van der Waals surface area contributed by atoms with Crippen molar-refractivity contribution in [3.8, 4) is 11.3 Å². The van der Waals surface area contributed by atoms with E-state index in [9.17, 15) is 0 Å². The fourth-order valence-corrected chi connectivity index (χ4v) is 2.20. The Balaban J connectivity index is 1.97. The standard InChI is InChI=1S/C14H17N3/c1-10-3-5-12(6-4-10)13-7-14-15-8-11(2)9-17(14)16-13/h3-7,11,15H,8-9H2,1-2H3. The van der Waals surface area contributed by atoms with Crippen LogP contribution in [0.15, 0.2) is 30.3 Å². The van der Waals surface area contributed by atoms with E-state index >= 15 is 0 Å². The lowest BCUT2D eigenvalue weighted by atomic mass is 10.1. The molecule has 0 amide bonds. The number of nitrogens with one attached hydrogen (secondary N) is 1. The zero-order valence-electron chi connectivity index (χ0n) is 10.3. The smallest absolute Gasteiger partial charge is 0.124 e. The highest BCUT2D eigenvalue weighted by Crippen LogP contribution is 2.25. The summed E-state index contributed by atoms with van der Waals surface area (Å²) in [5.74, 6) is 1.78. The first-order valence-electron chi connectivity index (χ1n) is 6.11. The number of aromatic nitrogens is 2. The van der Waals surface area contributed by atoms with Gasteiger partial charge in [0.2, 0.25) is 0 Å². The van der Waals surface area contributed by atoms with Gasteiger partial charge in [-0.25, -0.2) is 4.68 Å². The van der Waals surface area contributed by atoms with E-state index in [0.29, 0.717) is 5.92 Å². The first-order valence-corrected chi connectivity index (χ1v) is 6.11. The van der Waals surface area contributed by atoms with E-state index in [4.69, 9.17) is 0 Å². The normalized spacial score (nSPS) is 18.6. The highest BCUT2D eigenvalue weighted by Gasteiger charge is 2.16. The SMILES string of the molecule is Cc1ccc(-c2cc3n(n2)CC(C)CN3)cc1. The molecule has 1 N–H and O–H groups in total. The number of benzene rings is 1. The average Bonchev–Trinajstić information content (AvgIpc) is 2.72. The highest BCUT2D eigenvalue weighted by molar-refractivity contribution is 5.63. The van der Waals surface area contributed by atoms with Gasteiger partial charge in [-0.15, -0.1) is 0 Å². The largest absolute Gasteiger partial charge is 0.370 e. The third-order valence-corrected chi connectivity index (χ3v) is 3.24. The maximum atomic E-state index is 4.66. The molecule has 2 aromatic rings. The molecule has 1 aliphatic rings. The molecule has 0 fully saturated rings. The second-order valence-electron chi connectivity index (χ2n) is 4.95. The van der Waals surface area contributed by atoms with Gasteiger partial charge in [0.15, 0.2) is 0 Å². The highest BCUT2D eigenvalue weighted by atomic mass is 15.3. The number of hydrogen-bond donors (Lipinski definition) is 1. The van der Waals surface area contributed by atoms with Crippen molar-refractivity contribution in [1.29, 1.82) is 0 Å². The van der Waals surface area contributed by atoms with Gasteiger partial charge in [0.25, 0.3) is 0 Å². The molecule has 1 aliphatic heterocycles. The Hall–Kier alpha value is -1.77. The third-order valence-electron chi connectivity index (χ3n) is 3.24. The molecule has 0 saturated heterocycles. The maximum absolute atomic E-state index is 4.66. The fraction of sp³-hybridized carbons (Fsp3) is 0.357. The summed E-state index contributed by atoms with van der Waals surface area (Å²) in [6.45, 7) is 6.39. The maximum Gasteiger partial charge on any atom is 0.124 e. The molecule has 3 nitrogen and oxygen atoms in total.